The van der Waals surface area contributed by atoms with Crippen LogP contribution in [0.4, 0.5) is 5.69 Å². The molecule has 0 atom stereocenters. The molecule has 0 saturated carbocycles. The van der Waals surface area contributed by atoms with Gasteiger partial charge in [-0.15, -0.1) is 0 Å². The highest BCUT2D eigenvalue weighted by Crippen LogP contribution is 2.35. The van der Waals surface area contributed by atoms with Crippen molar-refractivity contribution in [3.05, 3.63) is 21.8 Å². The number of carboxylic acids is 1. The van der Waals surface area contributed by atoms with Crippen LogP contribution in [0.5, 0.6) is 0 Å². The molecular formula is C12H12I3N3O4. The van der Waals surface area contributed by atoms with Crippen LogP contribution < -0.4 is 16.4 Å². The van der Waals surface area contributed by atoms with Gasteiger partial charge in [-0.3, -0.25) is 9.59 Å². The van der Waals surface area contributed by atoms with Gasteiger partial charge in [-0.25, -0.2) is 4.79 Å². The van der Waals surface area contributed by atoms with Crippen molar-refractivity contribution >= 4 is 91.2 Å². The minimum atomic E-state index is -1.09. The number of aromatic carboxylic acids is 1. The van der Waals surface area contributed by atoms with Crippen LogP contribution in [0.2, 0.25) is 0 Å². The molecule has 0 spiro atoms. The van der Waals surface area contributed by atoms with Gasteiger partial charge >= 0.3 is 5.97 Å². The van der Waals surface area contributed by atoms with Gasteiger partial charge in [-0.1, -0.05) is 0 Å². The number of nitrogens with one attached hydrogen (secondary N) is 2. The molecule has 0 radical (unpaired) electrons. The lowest BCUT2D eigenvalue weighted by molar-refractivity contribution is -0.120. The molecule has 0 aromatic heterocycles. The highest BCUT2D eigenvalue weighted by atomic mass is 127. The van der Waals surface area contributed by atoms with Gasteiger partial charge in [0.25, 0.3) is 0 Å². The second-order valence-corrected chi connectivity index (χ2v) is 7.37. The van der Waals surface area contributed by atoms with E-state index < -0.39 is 5.97 Å². The van der Waals surface area contributed by atoms with Gasteiger partial charge in [0.05, 0.1) is 21.4 Å². The SMILES string of the molecule is CC(=O)Nc1c(I)c(CNC(=O)CN)c(I)c(C(=O)O)c1I. The molecule has 10 heteroatoms. The van der Waals surface area contributed by atoms with Crippen LogP contribution >= 0.6 is 67.8 Å². The molecule has 1 aromatic rings. The van der Waals surface area contributed by atoms with E-state index in [4.69, 9.17) is 5.73 Å². The Labute approximate surface area is 167 Å². The summed E-state index contributed by atoms with van der Waals surface area (Å²) in [4.78, 5) is 34.2. The number of hydrogen-bond donors (Lipinski definition) is 4. The Morgan fingerprint density at radius 1 is 1.14 bits per heavy atom. The van der Waals surface area contributed by atoms with Crippen LogP contribution in [0.15, 0.2) is 0 Å². The van der Waals surface area contributed by atoms with Gasteiger partial charge in [0.15, 0.2) is 0 Å². The summed E-state index contributed by atoms with van der Waals surface area (Å²) < 4.78 is 1.65. The third-order valence-electron chi connectivity index (χ3n) is 2.57. The van der Waals surface area contributed by atoms with E-state index in [-0.39, 0.29) is 30.5 Å². The van der Waals surface area contributed by atoms with E-state index in [2.05, 4.69) is 10.6 Å². The fourth-order valence-corrected chi connectivity index (χ4v) is 5.88. The molecule has 0 bridgehead atoms. The normalized spacial score (nSPS) is 10.2. The Morgan fingerprint density at radius 3 is 2.18 bits per heavy atom. The molecule has 1 rings (SSSR count). The van der Waals surface area contributed by atoms with Crippen molar-refractivity contribution in [1.29, 1.82) is 0 Å². The lowest BCUT2D eigenvalue weighted by Gasteiger charge is -2.18. The third kappa shape index (κ3) is 4.64. The van der Waals surface area contributed by atoms with E-state index >= 15 is 0 Å². The first-order valence-corrected chi connectivity index (χ1v) is 9.11. The number of carbonyl (C=O) groups is 3. The molecule has 7 nitrogen and oxygen atoms in total. The number of benzene rings is 1. The maximum absolute atomic E-state index is 11.5. The van der Waals surface area contributed by atoms with Gasteiger partial charge in [0, 0.05) is 26.2 Å². The van der Waals surface area contributed by atoms with Gasteiger partial charge in [-0.05, 0) is 67.8 Å². The maximum atomic E-state index is 11.5. The monoisotopic (exact) mass is 643 g/mol. The summed E-state index contributed by atoms with van der Waals surface area (Å²) in [7, 11) is 0. The lowest BCUT2D eigenvalue weighted by atomic mass is 10.1. The maximum Gasteiger partial charge on any atom is 0.337 e. The highest BCUT2D eigenvalue weighted by molar-refractivity contribution is 14.1. The number of amides is 2. The molecule has 0 aliphatic rings. The average Bonchev–Trinajstić information content (AvgIpc) is 2.42. The fourth-order valence-electron chi connectivity index (χ4n) is 1.60. The summed E-state index contributed by atoms with van der Waals surface area (Å²) >= 11 is 5.85. The molecule has 2 amide bonds. The predicted molar refractivity (Wildman–Crippen MR) is 107 cm³/mol. The van der Waals surface area contributed by atoms with Crippen LogP contribution in [-0.4, -0.2) is 29.4 Å². The Hall–Kier alpha value is -0.220. The molecule has 1 aromatic carbocycles. The predicted octanol–water partition coefficient (Wildman–Crippen LogP) is 1.73. The van der Waals surface area contributed by atoms with Crippen molar-refractivity contribution in [2.24, 2.45) is 5.73 Å². The van der Waals surface area contributed by atoms with E-state index in [9.17, 15) is 19.5 Å². The summed E-state index contributed by atoms with van der Waals surface area (Å²) in [5, 5.41) is 14.7. The summed E-state index contributed by atoms with van der Waals surface area (Å²) in [6, 6.07) is 0. The van der Waals surface area contributed by atoms with Gasteiger partial charge in [0.2, 0.25) is 11.8 Å². The van der Waals surface area contributed by atoms with Crippen LogP contribution in [0, 0.1) is 10.7 Å². The van der Waals surface area contributed by atoms with Crippen molar-refractivity contribution < 1.29 is 19.5 Å². The van der Waals surface area contributed by atoms with Crippen LogP contribution in [-0.2, 0) is 16.1 Å². The van der Waals surface area contributed by atoms with E-state index in [1.165, 1.54) is 6.92 Å². The van der Waals surface area contributed by atoms with Crippen molar-refractivity contribution in [1.82, 2.24) is 5.32 Å². The zero-order chi connectivity index (χ0) is 17.0. The number of carboxylic acid groups (broad SMARTS) is 1. The zero-order valence-corrected chi connectivity index (χ0v) is 17.8. The molecule has 0 unspecified atom stereocenters. The fraction of sp³-hybridized carbons (Fsp3) is 0.250. The molecular weight excluding hydrogens is 631 g/mol. The standard InChI is InChI=1S/C12H12I3N3O4/c1-4(19)18-11-9(14)5(3-17-6(20)2-16)8(13)7(10(11)15)12(21)22/h2-3,16H2,1H3,(H,17,20)(H,18,19)(H,21,22). The highest BCUT2D eigenvalue weighted by Gasteiger charge is 2.24. The summed E-state index contributed by atoms with van der Waals surface area (Å²) in [5.74, 6) is -1.74. The first kappa shape index (κ1) is 19.8. The molecule has 0 heterocycles. The molecule has 0 saturated heterocycles. The first-order valence-electron chi connectivity index (χ1n) is 5.87. The van der Waals surface area contributed by atoms with Crippen molar-refractivity contribution in [3.8, 4) is 0 Å². The van der Waals surface area contributed by atoms with Crippen molar-refractivity contribution in [2.45, 2.75) is 13.5 Å². The van der Waals surface area contributed by atoms with Crippen LogP contribution in [0.25, 0.3) is 0 Å². The first-order chi connectivity index (χ1) is 10.2. The van der Waals surface area contributed by atoms with E-state index in [1.807, 2.05) is 67.8 Å². The average molecular weight is 643 g/mol. The smallest absolute Gasteiger partial charge is 0.337 e. The summed E-state index contributed by atoms with van der Waals surface area (Å²) in [5.41, 5.74) is 6.40. The Kier molecular flexibility index (Phi) is 7.73. The Bertz CT molecular complexity index is 649. The Morgan fingerprint density at radius 2 is 1.73 bits per heavy atom. The van der Waals surface area contributed by atoms with Crippen LogP contribution in [0.1, 0.15) is 22.8 Å². The number of halogens is 3. The summed E-state index contributed by atoms with van der Waals surface area (Å²) in [6.45, 7) is 1.33. The number of hydrogen-bond acceptors (Lipinski definition) is 4. The van der Waals surface area contributed by atoms with E-state index in [0.29, 0.717) is 22.0 Å². The van der Waals surface area contributed by atoms with Crippen molar-refractivity contribution in [2.75, 3.05) is 11.9 Å². The third-order valence-corrected chi connectivity index (χ3v) is 6.03. The molecule has 0 fully saturated rings. The minimum Gasteiger partial charge on any atom is -0.478 e. The lowest BCUT2D eigenvalue weighted by Crippen LogP contribution is -2.30. The minimum absolute atomic E-state index is 0.0994. The number of nitrogens with two attached hydrogens (primary N) is 1. The molecule has 0 aliphatic heterocycles. The number of anilines is 1. The molecule has 120 valence electrons. The topological polar surface area (TPSA) is 122 Å². The number of carbonyl (C=O) groups excluding carboxylic acids is 2. The molecule has 5 N–H and O–H groups in total. The molecule has 0 aliphatic carbocycles. The van der Waals surface area contributed by atoms with Gasteiger partial charge in [0.1, 0.15) is 0 Å². The molecule has 22 heavy (non-hydrogen) atoms. The van der Waals surface area contributed by atoms with E-state index in [1.54, 1.807) is 0 Å². The zero-order valence-electron chi connectivity index (χ0n) is 11.3. The summed E-state index contributed by atoms with van der Waals surface area (Å²) in [6.07, 6.45) is 0. The second-order valence-electron chi connectivity index (χ2n) is 4.14. The van der Waals surface area contributed by atoms with Crippen molar-refractivity contribution in [3.63, 3.8) is 0 Å². The quantitative estimate of drug-likeness (QED) is 0.365. The Balaban J connectivity index is 3.47. The van der Waals surface area contributed by atoms with E-state index in [0.717, 1.165) is 0 Å². The number of rotatable bonds is 5. The van der Waals surface area contributed by atoms with Crippen LogP contribution in [0.3, 0.4) is 0 Å². The largest absolute Gasteiger partial charge is 0.478 e. The second kappa shape index (κ2) is 8.58. The van der Waals surface area contributed by atoms with Gasteiger partial charge < -0.3 is 21.5 Å². The van der Waals surface area contributed by atoms with Gasteiger partial charge in [-0.2, -0.15) is 0 Å².